The minimum absolute atomic E-state index is 0.108. The molecule has 0 aliphatic rings. The summed E-state index contributed by atoms with van der Waals surface area (Å²) in [5.41, 5.74) is 5.32. The number of benzene rings is 2. The van der Waals surface area contributed by atoms with E-state index < -0.39 is 18.3 Å². The van der Waals surface area contributed by atoms with Crippen molar-refractivity contribution >= 4 is 17.3 Å². The van der Waals surface area contributed by atoms with E-state index in [0.29, 0.717) is 17.7 Å². The van der Waals surface area contributed by atoms with Crippen LogP contribution in [0.5, 0.6) is 0 Å². The highest BCUT2D eigenvalue weighted by Crippen LogP contribution is 2.25. The first-order chi connectivity index (χ1) is 14.4. The first-order valence-electron chi connectivity index (χ1n) is 9.52. The highest BCUT2D eigenvalue weighted by molar-refractivity contribution is 5.74. The van der Waals surface area contributed by atoms with E-state index in [4.69, 9.17) is 0 Å². The Hall–Kier alpha value is -3.38. The van der Waals surface area contributed by atoms with Crippen LogP contribution in [0.1, 0.15) is 30.5 Å². The van der Waals surface area contributed by atoms with Gasteiger partial charge in [-0.2, -0.15) is 13.8 Å². The minimum Gasteiger partial charge on any atom is -0.373 e. The number of rotatable bonds is 7. The molecule has 0 saturated carbocycles. The standard InChI is InChI=1S/C24H23F2N3O/c1-4-6-20-17(7-5-8-19(20)15(2)3)13-22(30)28-18-11-9-16(10-12-18)21-14-27-24(26)29-23(21)25/h4-12,14,22,28,30H,2,13H2,1,3H3. The Morgan fingerprint density at radius 3 is 2.57 bits per heavy atom. The smallest absolute Gasteiger partial charge is 0.311 e. The first kappa shape index (κ1) is 21.3. The lowest BCUT2D eigenvalue weighted by molar-refractivity contribution is 0.204. The molecule has 1 atom stereocenters. The molecule has 1 unspecified atom stereocenters. The molecule has 6 heteroatoms. The Morgan fingerprint density at radius 2 is 1.93 bits per heavy atom. The zero-order chi connectivity index (χ0) is 21.7. The number of aliphatic hydroxyl groups excluding tert-OH is 1. The van der Waals surface area contributed by atoms with E-state index in [0.717, 1.165) is 28.5 Å². The molecule has 3 aromatic rings. The molecule has 30 heavy (non-hydrogen) atoms. The molecule has 0 bridgehead atoms. The summed E-state index contributed by atoms with van der Waals surface area (Å²) < 4.78 is 26.7. The van der Waals surface area contributed by atoms with Crippen LogP contribution in [0.15, 0.2) is 61.3 Å². The number of aliphatic hydroxyl groups is 1. The molecule has 2 N–H and O–H groups in total. The van der Waals surface area contributed by atoms with E-state index in [1.807, 2.05) is 44.2 Å². The third kappa shape index (κ3) is 4.96. The third-order valence-corrected chi connectivity index (χ3v) is 4.64. The lowest BCUT2D eigenvalue weighted by atomic mass is 9.94. The minimum atomic E-state index is -1.11. The average molecular weight is 407 g/mol. The van der Waals surface area contributed by atoms with Crippen LogP contribution in [0.4, 0.5) is 14.5 Å². The fourth-order valence-corrected chi connectivity index (χ4v) is 3.26. The monoisotopic (exact) mass is 407 g/mol. The average Bonchev–Trinajstić information content (AvgIpc) is 2.70. The molecule has 1 aromatic heterocycles. The number of allylic oxidation sites excluding steroid dienone is 2. The second-order valence-electron chi connectivity index (χ2n) is 6.94. The second-order valence-corrected chi connectivity index (χ2v) is 6.94. The molecule has 0 spiro atoms. The lowest BCUT2D eigenvalue weighted by Crippen LogP contribution is -2.22. The molecular weight excluding hydrogens is 384 g/mol. The Balaban J connectivity index is 1.75. The van der Waals surface area contributed by atoms with Crippen LogP contribution < -0.4 is 5.32 Å². The molecule has 2 aromatic carbocycles. The van der Waals surface area contributed by atoms with E-state index in [-0.39, 0.29) is 5.56 Å². The molecule has 0 amide bonds. The van der Waals surface area contributed by atoms with E-state index in [2.05, 4.69) is 21.9 Å². The quantitative estimate of drug-likeness (QED) is 0.310. The summed E-state index contributed by atoms with van der Waals surface area (Å²) in [6, 6.07) is 12.7. The summed E-state index contributed by atoms with van der Waals surface area (Å²) in [6.45, 7) is 7.94. The van der Waals surface area contributed by atoms with Gasteiger partial charge in [-0.25, -0.2) is 4.98 Å². The number of nitrogens with zero attached hydrogens (tertiary/aromatic N) is 2. The predicted octanol–water partition coefficient (Wildman–Crippen LogP) is 5.46. The van der Waals surface area contributed by atoms with Crippen LogP contribution in [-0.4, -0.2) is 21.3 Å². The van der Waals surface area contributed by atoms with Crippen molar-refractivity contribution in [2.75, 3.05) is 5.32 Å². The van der Waals surface area contributed by atoms with Crippen LogP contribution in [0, 0.1) is 12.0 Å². The van der Waals surface area contributed by atoms with Crippen LogP contribution >= 0.6 is 0 Å². The van der Waals surface area contributed by atoms with Gasteiger partial charge in [-0.3, -0.25) is 0 Å². The van der Waals surface area contributed by atoms with Gasteiger partial charge in [0.05, 0.1) is 5.56 Å². The van der Waals surface area contributed by atoms with Crippen molar-refractivity contribution in [3.05, 3.63) is 90.0 Å². The van der Waals surface area contributed by atoms with Crippen molar-refractivity contribution in [1.82, 2.24) is 9.97 Å². The van der Waals surface area contributed by atoms with Gasteiger partial charge in [0.2, 0.25) is 5.95 Å². The van der Waals surface area contributed by atoms with Crippen LogP contribution in [0.3, 0.4) is 0 Å². The summed E-state index contributed by atoms with van der Waals surface area (Å²) in [6.07, 6.45) is 3.54. The Bertz CT molecular complexity index is 1080. The van der Waals surface area contributed by atoms with Gasteiger partial charge in [0.15, 0.2) is 0 Å². The Morgan fingerprint density at radius 1 is 1.20 bits per heavy atom. The molecule has 1 heterocycles. The largest absolute Gasteiger partial charge is 0.373 e. The first-order valence-corrected chi connectivity index (χ1v) is 9.52. The Labute approximate surface area is 174 Å². The number of halogens is 2. The molecule has 0 aliphatic heterocycles. The van der Waals surface area contributed by atoms with Gasteiger partial charge in [-0.1, -0.05) is 54.6 Å². The molecule has 0 radical (unpaired) electrons. The SMILES string of the molecule is C=C(C)c1cccc(CC(O)Nc2ccc(-c3cnc(F)nc3F)cc2)c1C=CC. The molecule has 0 fully saturated rings. The van der Waals surface area contributed by atoms with Crippen molar-refractivity contribution in [2.45, 2.75) is 26.5 Å². The third-order valence-electron chi connectivity index (χ3n) is 4.64. The van der Waals surface area contributed by atoms with Crippen LogP contribution in [0.25, 0.3) is 22.8 Å². The summed E-state index contributed by atoms with van der Waals surface area (Å²) in [5, 5.41) is 13.6. The van der Waals surface area contributed by atoms with Gasteiger partial charge in [0.1, 0.15) is 6.23 Å². The van der Waals surface area contributed by atoms with Crippen LogP contribution in [0.2, 0.25) is 0 Å². The fraction of sp³-hybridized carbons (Fsp3) is 0.167. The number of hydrogen-bond donors (Lipinski definition) is 2. The van der Waals surface area contributed by atoms with Gasteiger partial charge >= 0.3 is 6.08 Å². The van der Waals surface area contributed by atoms with Crippen molar-refractivity contribution < 1.29 is 13.9 Å². The maximum atomic E-state index is 13.8. The highest BCUT2D eigenvalue weighted by atomic mass is 19.1. The molecule has 3 rings (SSSR count). The number of hydrogen-bond acceptors (Lipinski definition) is 4. The molecule has 154 valence electrons. The van der Waals surface area contributed by atoms with Gasteiger partial charge in [0.25, 0.3) is 0 Å². The Kier molecular flexibility index (Phi) is 6.69. The van der Waals surface area contributed by atoms with E-state index in [1.165, 1.54) is 0 Å². The number of nitrogens with one attached hydrogen (secondary N) is 1. The molecule has 0 saturated heterocycles. The van der Waals surface area contributed by atoms with E-state index >= 15 is 0 Å². The maximum absolute atomic E-state index is 13.8. The zero-order valence-electron chi connectivity index (χ0n) is 16.9. The molecule has 4 nitrogen and oxygen atoms in total. The normalized spacial score (nSPS) is 12.2. The predicted molar refractivity (Wildman–Crippen MR) is 117 cm³/mol. The lowest BCUT2D eigenvalue weighted by Gasteiger charge is -2.18. The number of aromatic nitrogens is 2. The zero-order valence-corrected chi connectivity index (χ0v) is 16.9. The van der Waals surface area contributed by atoms with E-state index in [1.54, 1.807) is 24.3 Å². The van der Waals surface area contributed by atoms with Crippen molar-refractivity contribution in [2.24, 2.45) is 0 Å². The molecular formula is C24H23F2N3O. The number of anilines is 1. The summed E-state index contributed by atoms with van der Waals surface area (Å²) >= 11 is 0. The van der Waals surface area contributed by atoms with Gasteiger partial charge in [0, 0.05) is 18.3 Å². The van der Waals surface area contributed by atoms with Gasteiger partial charge < -0.3 is 10.4 Å². The van der Waals surface area contributed by atoms with Crippen molar-refractivity contribution in [3.8, 4) is 11.1 Å². The summed E-state index contributed by atoms with van der Waals surface area (Å²) in [4.78, 5) is 6.49. The topological polar surface area (TPSA) is 58.0 Å². The second kappa shape index (κ2) is 9.41. The van der Waals surface area contributed by atoms with Crippen molar-refractivity contribution in [3.63, 3.8) is 0 Å². The van der Waals surface area contributed by atoms with E-state index in [9.17, 15) is 13.9 Å². The van der Waals surface area contributed by atoms with Crippen molar-refractivity contribution in [1.29, 1.82) is 0 Å². The van der Waals surface area contributed by atoms with Gasteiger partial charge in [-0.05, 0) is 48.2 Å². The maximum Gasteiger partial charge on any atom is 0.311 e. The van der Waals surface area contributed by atoms with Gasteiger partial charge in [-0.15, -0.1) is 0 Å². The summed E-state index contributed by atoms with van der Waals surface area (Å²) in [7, 11) is 0. The van der Waals surface area contributed by atoms with Crippen LogP contribution in [-0.2, 0) is 6.42 Å². The summed E-state index contributed by atoms with van der Waals surface area (Å²) in [5.74, 6) is -0.919. The molecule has 0 aliphatic carbocycles. The fourth-order valence-electron chi connectivity index (χ4n) is 3.26. The highest BCUT2D eigenvalue weighted by Gasteiger charge is 2.13.